The molecule has 0 bridgehead atoms. The average Bonchev–Trinajstić information content (AvgIpc) is 2.65. The molecule has 0 saturated heterocycles. The zero-order valence-corrected chi connectivity index (χ0v) is 10.3. The van der Waals surface area contributed by atoms with E-state index in [9.17, 15) is 15.0 Å². The Morgan fingerprint density at radius 3 is 2.35 bits per heavy atom. The number of aryl methyl sites for hydroxylation is 2. The van der Waals surface area contributed by atoms with Gasteiger partial charge < -0.3 is 19.9 Å². The number of hydrogen-bond acceptors (Lipinski definition) is 5. The van der Waals surface area contributed by atoms with E-state index in [2.05, 4.69) is 10.3 Å². The largest absolute Gasteiger partial charge is 0.436 e. The predicted molar refractivity (Wildman–Crippen MR) is 60.6 cm³/mol. The smallest absolute Gasteiger partial charge is 0.289 e. The highest BCUT2D eigenvalue weighted by molar-refractivity contribution is 5.93. The van der Waals surface area contributed by atoms with Gasteiger partial charge in [-0.15, -0.1) is 0 Å². The van der Waals surface area contributed by atoms with Gasteiger partial charge in [0, 0.05) is 6.92 Å². The van der Waals surface area contributed by atoms with Gasteiger partial charge in [0.2, 0.25) is 5.76 Å². The van der Waals surface area contributed by atoms with Crippen molar-refractivity contribution < 1.29 is 19.4 Å². The van der Waals surface area contributed by atoms with Crippen LogP contribution >= 0.6 is 0 Å². The lowest BCUT2D eigenvalue weighted by Crippen LogP contribution is -2.53. The molecule has 0 aliphatic heterocycles. The average molecular weight is 242 g/mol. The van der Waals surface area contributed by atoms with Gasteiger partial charge in [-0.05, 0) is 13.3 Å². The summed E-state index contributed by atoms with van der Waals surface area (Å²) >= 11 is 0. The molecule has 96 valence electrons. The molecule has 0 aromatic carbocycles. The minimum Gasteiger partial charge on any atom is -0.436 e. The Bertz CT molecular complexity index is 388. The molecule has 6 nitrogen and oxygen atoms in total. The number of aliphatic hydroxyl groups excluding tert-OH is 2. The molecule has 6 heteroatoms. The molecule has 17 heavy (non-hydrogen) atoms. The Morgan fingerprint density at radius 1 is 1.41 bits per heavy atom. The van der Waals surface area contributed by atoms with Crippen LogP contribution in [0.5, 0.6) is 0 Å². The van der Waals surface area contributed by atoms with Gasteiger partial charge in [-0.25, -0.2) is 4.98 Å². The molecule has 0 aliphatic rings. The van der Waals surface area contributed by atoms with E-state index in [0.717, 1.165) is 0 Å². The molecule has 0 radical (unpaired) electrons. The Balaban J connectivity index is 2.88. The van der Waals surface area contributed by atoms with Crippen molar-refractivity contribution in [1.82, 2.24) is 10.3 Å². The van der Waals surface area contributed by atoms with Crippen molar-refractivity contribution in [3.8, 4) is 0 Å². The SMILES string of the molecule is CCC(CO)(CO)NC(=O)c1oc(C)nc1C. The van der Waals surface area contributed by atoms with Crippen LogP contribution in [0.25, 0.3) is 0 Å². The number of aromatic nitrogens is 1. The van der Waals surface area contributed by atoms with Crippen LogP contribution in [0, 0.1) is 13.8 Å². The standard InChI is InChI=1S/C11H18N2O4/c1-4-11(5-14,6-15)13-10(16)9-7(2)12-8(3)17-9/h14-15H,4-6H2,1-3H3,(H,13,16). The van der Waals surface area contributed by atoms with Gasteiger partial charge in [-0.2, -0.15) is 0 Å². The van der Waals surface area contributed by atoms with E-state index in [0.29, 0.717) is 18.0 Å². The van der Waals surface area contributed by atoms with Gasteiger partial charge >= 0.3 is 0 Å². The summed E-state index contributed by atoms with van der Waals surface area (Å²) in [4.78, 5) is 15.9. The van der Waals surface area contributed by atoms with Crippen LogP contribution in [0.3, 0.4) is 0 Å². The molecular formula is C11H18N2O4. The first kappa shape index (κ1) is 13.7. The van der Waals surface area contributed by atoms with E-state index < -0.39 is 11.4 Å². The highest BCUT2D eigenvalue weighted by atomic mass is 16.4. The van der Waals surface area contributed by atoms with E-state index in [1.54, 1.807) is 20.8 Å². The highest BCUT2D eigenvalue weighted by Gasteiger charge is 2.30. The summed E-state index contributed by atoms with van der Waals surface area (Å²) < 4.78 is 5.17. The van der Waals surface area contributed by atoms with Crippen LogP contribution in [0.4, 0.5) is 0 Å². The zero-order valence-electron chi connectivity index (χ0n) is 10.3. The van der Waals surface area contributed by atoms with Crippen molar-refractivity contribution >= 4 is 5.91 Å². The van der Waals surface area contributed by atoms with Crippen molar-refractivity contribution in [3.63, 3.8) is 0 Å². The van der Waals surface area contributed by atoms with E-state index in [1.165, 1.54) is 0 Å². The van der Waals surface area contributed by atoms with Gasteiger partial charge in [0.15, 0.2) is 5.89 Å². The molecule has 0 spiro atoms. The number of aliphatic hydroxyl groups is 2. The van der Waals surface area contributed by atoms with Crippen molar-refractivity contribution in [1.29, 1.82) is 0 Å². The van der Waals surface area contributed by atoms with Crippen molar-refractivity contribution in [2.24, 2.45) is 0 Å². The van der Waals surface area contributed by atoms with Gasteiger partial charge in [-0.3, -0.25) is 4.79 Å². The Hall–Kier alpha value is -1.40. The topological polar surface area (TPSA) is 95.6 Å². The molecule has 0 atom stereocenters. The lowest BCUT2D eigenvalue weighted by molar-refractivity contribution is 0.0630. The minimum atomic E-state index is -1.02. The Labute approximate surface area is 99.7 Å². The first-order valence-electron chi connectivity index (χ1n) is 5.46. The van der Waals surface area contributed by atoms with Gasteiger partial charge in [-0.1, -0.05) is 6.92 Å². The van der Waals surface area contributed by atoms with Crippen LogP contribution in [-0.4, -0.2) is 39.9 Å². The van der Waals surface area contributed by atoms with Crippen LogP contribution < -0.4 is 5.32 Å². The van der Waals surface area contributed by atoms with E-state index in [-0.39, 0.29) is 19.0 Å². The molecule has 1 aromatic heterocycles. The van der Waals surface area contributed by atoms with Crippen LogP contribution in [0.1, 0.15) is 35.5 Å². The molecule has 0 aliphatic carbocycles. The van der Waals surface area contributed by atoms with Crippen molar-refractivity contribution in [3.05, 3.63) is 17.3 Å². The van der Waals surface area contributed by atoms with Crippen molar-refractivity contribution in [2.45, 2.75) is 32.7 Å². The molecule has 1 aromatic rings. The summed E-state index contributed by atoms with van der Waals surface area (Å²) in [5, 5.41) is 21.0. The van der Waals surface area contributed by atoms with Gasteiger partial charge in [0.1, 0.15) is 0 Å². The summed E-state index contributed by atoms with van der Waals surface area (Å²) in [7, 11) is 0. The fourth-order valence-electron chi connectivity index (χ4n) is 1.48. The summed E-state index contributed by atoms with van der Waals surface area (Å²) in [5.74, 6) is 0.0398. The fraction of sp³-hybridized carbons (Fsp3) is 0.636. The monoisotopic (exact) mass is 242 g/mol. The van der Waals surface area contributed by atoms with E-state index in [4.69, 9.17) is 4.42 Å². The Morgan fingerprint density at radius 2 is 2.00 bits per heavy atom. The molecule has 1 amide bonds. The highest BCUT2D eigenvalue weighted by Crippen LogP contribution is 2.13. The van der Waals surface area contributed by atoms with E-state index >= 15 is 0 Å². The number of nitrogens with one attached hydrogen (secondary N) is 1. The third-order valence-corrected chi connectivity index (χ3v) is 2.77. The van der Waals surface area contributed by atoms with Crippen LogP contribution in [0.15, 0.2) is 4.42 Å². The second-order valence-corrected chi connectivity index (χ2v) is 4.05. The second kappa shape index (κ2) is 5.29. The maximum Gasteiger partial charge on any atom is 0.289 e. The summed E-state index contributed by atoms with van der Waals surface area (Å²) in [6, 6.07) is 0. The fourth-order valence-corrected chi connectivity index (χ4v) is 1.48. The second-order valence-electron chi connectivity index (χ2n) is 4.05. The first-order chi connectivity index (χ1) is 7.98. The van der Waals surface area contributed by atoms with Gasteiger partial charge in [0.25, 0.3) is 5.91 Å². The number of hydrogen-bond donors (Lipinski definition) is 3. The predicted octanol–water partition coefficient (Wildman–Crippen LogP) is 0.155. The molecule has 1 heterocycles. The van der Waals surface area contributed by atoms with Crippen LogP contribution in [0.2, 0.25) is 0 Å². The maximum atomic E-state index is 11.9. The molecule has 3 N–H and O–H groups in total. The number of rotatable bonds is 5. The maximum absolute atomic E-state index is 11.9. The van der Waals surface area contributed by atoms with Crippen molar-refractivity contribution in [2.75, 3.05) is 13.2 Å². The number of nitrogens with zero attached hydrogens (tertiary/aromatic N) is 1. The summed E-state index contributed by atoms with van der Waals surface area (Å²) in [6.45, 7) is 4.41. The summed E-state index contributed by atoms with van der Waals surface area (Å²) in [5.41, 5.74) is -0.537. The number of amides is 1. The lowest BCUT2D eigenvalue weighted by atomic mass is 9.98. The molecular weight excluding hydrogens is 224 g/mol. The Kier molecular flexibility index (Phi) is 4.25. The summed E-state index contributed by atoms with van der Waals surface area (Å²) in [6.07, 6.45) is 0.415. The molecule has 0 unspecified atom stereocenters. The first-order valence-corrected chi connectivity index (χ1v) is 5.46. The lowest BCUT2D eigenvalue weighted by Gasteiger charge is -2.29. The quantitative estimate of drug-likeness (QED) is 0.683. The number of carbonyl (C=O) groups excluding carboxylic acids is 1. The molecule has 0 fully saturated rings. The zero-order chi connectivity index (χ0) is 13.1. The minimum absolute atomic E-state index is 0.113. The third-order valence-electron chi connectivity index (χ3n) is 2.77. The molecule has 1 rings (SSSR count). The number of oxazole rings is 1. The van der Waals surface area contributed by atoms with Gasteiger partial charge in [0.05, 0.1) is 24.4 Å². The van der Waals surface area contributed by atoms with E-state index in [1.807, 2.05) is 0 Å². The number of carbonyl (C=O) groups is 1. The normalized spacial score (nSPS) is 11.6. The van der Waals surface area contributed by atoms with Crippen LogP contribution in [-0.2, 0) is 0 Å². The molecule has 0 saturated carbocycles. The third kappa shape index (κ3) is 2.83.